The number of aromatic nitrogens is 1. The number of carboxylic acids is 1. The van der Waals surface area contributed by atoms with Crippen molar-refractivity contribution in [2.75, 3.05) is 6.54 Å². The highest BCUT2D eigenvalue weighted by atomic mass is 16.4. The maximum absolute atomic E-state index is 12.3. The summed E-state index contributed by atoms with van der Waals surface area (Å²) >= 11 is 0. The van der Waals surface area contributed by atoms with Crippen LogP contribution < -0.4 is 5.32 Å². The van der Waals surface area contributed by atoms with Gasteiger partial charge in [-0.25, -0.2) is 4.98 Å². The summed E-state index contributed by atoms with van der Waals surface area (Å²) in [7, 11) is 0. The Morgan fingerprint density at radius 2 is 1.92 bits per heavy atom. The molecule has 0 spiro atoms. The standard InChI is InChI=1S/C18H22N2O4/c1-11(2)9-14(18(22)23)10-19-16(21)15-12(3)24-17(20-15)13-7-5-4-6-8-13/h4-8,11,14H,9-10H2,1-3H3,(H,19,21)(H,22,23). The fourth-order valence-electron chi connectivity index (χ4n) is 2.45. The van der Waals surface area contributed by atoms with Gasteiger partial charge in [-0.05, 0) is 31.4 Å². The lowest BCUT2D eigenvalue weighted by atomic mass is 9.97. The Morgan fingerprint density at radius 1 is 1.25 bits per heavy atom. The van der Waals surface area contributed by atoms with Gasteiger partial charge in [0.1, 0.15) is 5.76 Å². The Hall–Kier alpha value is -2.63. The van der Waals surface area contributed by atoms with Crippen LogP contribution >= 0.6 is 0 Å². The van der Waals surface area contributed by atoms with Gasteiger partial charge in [0.25, 0.3) is 5.91 Å². The van der Waals surface area contributed by atoms with Crippen molar-refractivity contribution in [3.63, 3.8) is 0 Å². The number of aryl methyl sites for hydroxylation is 1. The van der Waals surface area contributed by atoms with Crippen molar-refractivity contribution in [3.05, 3.63) is 41.8 Å². The third kappa shape index (κ3) is 4.44. The molecular weight excluding hydrogens is 308 g/mol. The number of carbonyl (C=O) groups excluding carboxylic acids is 1. The van der Waals surface area contributed by atoms with Gasteiger partial charge in [-0.15, -0.1) is 0 Å². The third-order valence-electron chi connectivity index (χ3n) is 3.65. The SMILES string of the molecule is Cc1oc(-c2ccccc2)nc1C(=O)NCC(CC(C)C)C(=O)O. The number of amides is 1. The van der Waals surface area contributed by atoms with Crippen LogP contribution in [-0.4, -0.2) is 28.5 Å². The molecule has 128 valence electrons. The molecule has 1 unspecified atom stereocenters. The molecule has 1 heterocycles. The van der Waals surface area contributed by atoms with Gasteiger partial charge in [0.05, 0.1) is 5.92 Å². The second-order valence-corrected chi connectivity index (χ2v) is 6.16. The minimum Gasteiger partial charge on any atom is -0.481 e. The Morgan fingerprint density at radius 3 is 2.50 bits per heavy atom. The molecular formula is C18H22N2O4. The molecule has 0 radical (unpaired) electrons. The first kappa shape index (κ1) is 17.7. The number of hydrogen-bond donors (Lipinski definition) is 2. The van der Waals surface area contributed by atoms with Crippen molar-refractivity contribution in [2.24, 2.45) is 11.8 Å². The summed E-state index contributed by atoms with van der Waals surface area (Å²) in [5, 5.41) is 11.9. The first-order chi connectivity index (χ1) is 11.4. The maximum Gasteiger partial charge on any atom is 0.308 e. The minimum absolute atomic E-state index is 0.0688. The van der Waals surface area contributed by atoms with Crippen LogP contribution in [0.5, 0.6) is 0 Å². The highest BCUT2D eigenvalue weighted by Gasteiger charge is 2.22. The predicted molar refractivity (Wildman–Crippen MR) is 89.6 cm³/mol. The van der Waals surface area contributed by atoms with Crippen LogP contribution in [0.2, 0.25) is 0 Å². The van der Waals surface area contributed by atoms with E-state index in [9.17, 15) is 14.7 Å². The van der Waals surface area contributed by atoms with Crippen LogP contribution in [0, 0.1) is 18.8 Å². The van der Waals surface area contributed by atoms with E-state index >= 15 is 0 Å². The van der Waals surface area contributed by atoms with Crippen LogP contribution in [0.4, 0.5) is 0 Å². The lowest BCUT2D eigenvalue weighted by Crippen LogP contribution is -2.34. The van der Waals surface area contributed by atoms with Crippen molar-refractivity contribution >= 4 is 11.9 Å². The van der Waals surface area contributed by atoms with E-state index in [0.717, 1.165) is 5.56 Å². The van der Waals surface area contributed by atoms with E-state index in [1.807, 2.05) is 44.2 Å². The molecule has 1 aromatic heterocycles. The van der Waals surface area contributed by atoms with Crippen molar-refractivity contribution < 1.29 is 19.1 Å². The number of oxazole rings is 1. The molecule has 2 N–H and O–H groups in total. The zero-order valence-electron chi connectivity index (χ0n) is 14.1. The Bertz CT molecular complexity index is 707. The Labute approximate surface area is 140 Å². The molecule has 0 aliphatic heterocycles. The fraction of sp³-hybridized carbons (Fsp3) is 0.389. The fourth-order valence-corrected chi connectivity index (χ4v) is 2.45. The number of carboxylic acid groups (broad SMARTS) is 1. The first-order valence-corrected chi connectivity index (χ1v) is 7.92. The molecule has 0 fully saturated rings. The lowest BCUT2D eigenvalue weighted by Gasteiger charge is -2.14. The molecule has 2 rings (SSSR count). The quantitative estimate of drug-likeness (QED) is 0.813. The molecule has 0 saturated heterocycles. The molecule has 1 aromatic carbocycles. The van der Waals surface area contributed by atoms with Crippen molar-refractivity contribution in [2.45, 2.75) is 27.2 Å². The number of carbonyl (C=O) groups is 2. The van der Waals surface area contributed by atoms with Gasteiger partial charge in [0.15, 0.2) is 5.69 Å². The number of hydrogen-bond acceptors (Lipinski definition) is 4. The normalized spacial score (nSPS) is 12.2. The molecule has 6 nitrogen and oxygen atoms in total. The number of nitrogens with zero attached hydrogens (tertiary/aromatic N) is 1. The second kappa shape index (κ2) is 7.77. The van der Waals surface area contributed by atoms with Gasteiger partial charge in [-0.1, -0.05) is 32.0 Å². The van der Waals surface area contributed by atoms with Crippen molar-refractivity contribution in [1.29, 1.82) is 0 Å². The summed E-state index contributed by atoms with van der Waals surface area (Å²) in [6, 6.07) is 9.29. The van der Waals surface area contributed by atoms with Crippen LogP contribution in [0.25, 0.3) is 11.5 Å². The van der Waals surface area contributed by atoms with Crippen LogP contribution in [0.1, 0.15) is 36.5 Å². The van der Waals surface area contributed by atoms with E-state index in [1.54, 1.807) is 6.92 Å². The van der Waals surface area contributed by atoms with Gasteiger partial charge in [-0.2, -0.15) is 0 Å². The zero-order chi connectivity index (χ0) is 17.7. The van der Waals surface area contributed by atoms with Gasteiger partial charge in [-0.3, -0.25) is 9.59 Å². The van der Waals surface area contributed by atoms with E-state index in [2.05, 4.69) is 10.3 Å². The Kier molecular flexibility index (Phi) is 5.73. The average Bonchev–Trinajstić information content (AvgIpc) is 2.93. The molecule has 2 aromatic rings. The predicted octanol–water partition coefficient (Wildman–Crippen LogP) is 3.13. The summed E-state index contributed by atoms with van der Waals surface area (Å²) in [6.07, 6.45) is 0.503. The van der Waals surface area contributed by atoms with E-state index in [4.69, 9.17) is 4.42 Å². The summed E-state index contributed by atoms with van der Waals surface area (Å²) < 4.78 is 5.55. The molecule has 0 saturated carbocycles. The number of rotatable bonds is 7. The van der Waals surface area contributed by atoms with E-state index < -0.39 is 17.8 Å². The van der Waals surface area contributed by atoms with Gasteiger partial charge in [0.2, 0.25) is 5.89 Å². The highest BCUT2D eigenvalue weighted by molar-refractivity contribution is 5.93. The van der Waals surface area contributed by atoms with Gasteiger partial charge in [0, 0.05) is 12.1 Å². The average molecular weight is 330 g/mol. The zero-order valence-corrected chi connectivity index (χ0v) is 14.1. The van der Waals surface area contributed by atoms with Crippen molar-refractivity contribution in [3.8, 4) is 11.5 Å². The highest BCUT2D eigenvalue weighted by Crippen LogP contribution is 2.21. The Balaban J connectivity index is 2.07. The summed E-state index contributed by atoms with van der Waals surface area (Å²) in [4.78, 5) is 27.8. The molecule has 0 aliphatic carbocycles. The summed E-state index contributed by atoms with van der Waals surface area (Å²) in [6.45, 7) is 5.63. The molecule has 6 heteroatoms. The second-order valence-electron chi connectivity index (χ2n) is 6.16. The van der Waals surface area contributed by atoms with Gasteiger partial charge < -0.3 is 14.8 Å². The molecule has 24 heavy (non-hydrogen) atoms. The number of aliphatic carboxylic acids is 1. The molecule has 1 atom stereocenters. The van der Waals surface area contributed by atoms with Crippen LogP contribution in [-0.2, 0) is 4.79 Å². The summed E-state index contributed by atoms with van der Waals surface area (Å²) in [5.41, 5.74) is 0.963. The summed E-state index contributed by atoms with van der Waals surface area (Å²) in [5.74, 6) is -0.937. The molecule has 1 amide bonds. The van der Waals surface area contributed by atoms with Crippen LogP contribution in [0.3, 0.4) is 0 Å². The van der Waals surface area contributed by atoms with E-state index in [1.165, 1.54) is 0 Å². The van der Waals surface area contributed by atoms with Crippen LogP contribution in [0.15, 0.2) is 34.7 Å². The minimum atomic E-state index is -0.911. The number of benzene rings is 1. The topological polar surface area (TPSA) is 92.4 Å². The van der Waals surface area contributed by atoms with E-state index in [0.29, 0.717) is 18.1 Å². The van der Waals surface area contributed by atoms with Gasteiger partial charge >= 0.3 is 5.97 Å². The first-order valence-electron chi connectivity index (χ1n) is 7.92. The number of nitrogens with one attached hydrogen (secondary N) is 1. The largest absolute Gasteiger partial charge is 0.481 e. The molecule has 0 aliphatic rings. The smallest absolute Gasteiger partial charge is 0.308 e. The monoisotopic (exact) mass is 330 g/mol. The lowest BCUT2D eigenvalue weighted by molar-refractivity contribution is -0.142. The maximum atomic E-state index is 12.3. The third-order valence-corrected chi connectivity index (χ3v) is 3.65. The molecule has 0 bridgehead atoms. The van der Waals surface area contributed by atoms with E-state index in [-0.39, 0.29) is 18.2 Å². The van der Waals surface area contributed by atoms with Crippen molar-refractivity contribution in [1.82, 2.24) is 10.3 Å².